The number of hydrogen-bond donors (Lipinski definition) is 2. The minimum absolute atomic E-state index is 0.253. The normalized spacial score (nSPS) is 12.0. The van der Waals surface area contributed by atoms with Crippen LogP contribution in [-0.4, -0.2) is 27.2 Å². The standard InChI is InChI=1S/C19H16N4O2S/c1-12(25-16-8-4-6-13-5-2-3-7-14(13)16)18(24)22-15-11-21-23-17(15)19-20-9-10-26-19/h2-12H,1H3,(H,21,23)(H,22,24). The van der Waals surface area contributed by atoms with Crippen molar-refractivity contribution in [3.63, 3.8) is 0 Å². The fourth-order valence-electron chi connectivity index (χ4n) is 2.67. The molecule has 1 unspecified atom stereocenters. The number of fused-ring (bicyclic) bond motifs is 1. The predicted octanol–water partition coefficient (Wildman–Crippen LogP) is 4.09. The summed E-state index contributed by atoms with van der Waals surface area (Å²) in [5.74, 6) is 0.426. The number of carbonyl (C=O) groups is 1. The van der Waals surface area contributed by atoms with E-state index >= 15 is 0 Å². The number of ether oxygens (including phenoxy) is 1. The van der Waals surface area contributed by atoms with Gasteiger partial charge in [-0.15, -0.1) is 11.3 Å². The second-order valence-electron chi connectivity index (χ2n) is 5.72. The van der Waals surface area contributed by atoms with E-state index in [0.717, 1.165) is 15.8 Å². The molecule has 4 rings (SSSR count). The number of nitrogens with zero attached hydrogens (tertiary/aromatic N) is 2. The van der Waals surface area contributed by atoms with Crippen molar-refractivity contribution in [2.75, 3.05) is 5.32 Å². The molecule has 0 saturated heterocycles. The maximum Gasteiger partial charge on any atom is 0.265 e. The Bertz CT molecular complexity index is 1040. The summed E-state index contributed by atoms with van der Waals surface area (Å²) >= 11 is 1.47. The Balaban J connectivity index is 1.51. The van der Waals surface area contributed by atoms with E-state index in [-0.39, 0.29) is 5.91 Å². The third kappa shape index (κ3) is 3.16. The summed E-state index contributed by atoms with van der Waals surface area (Å²) < 4.78 is 5.91. The minimum Gasteiger partial charge on any atom is -0.480 e. The van der Waals surface area contributed by atoms with E-state index in [0.29, 0.717) is 17.1 Å². The number of anilines is 1. The van der Waals surface area contributed by atoms with Crippen molar-refractivity contribution in [2.45, 2.75) is 13.0 Å². The zero-order valence-electron chi connectivity index (χ0n) is 14.0. The number of rotatable bonds is 5. The summed E-state index contributed by atoms with van der Waals surface area (Å²) in [4.78, 5) is 16.8. The molecule has 0 aliphatic rings. The van der Waals surface area contributed by atoms with Crippen LogP contribution >= 0.6 is 11.3 Å². The molecule has 2 aromatic carbocycles. The zero-order valence-corrected chi connectivity index (χ0v) is 14.8. The average molecular weight is 364 g/mol. The first-order valence-corrected chi connectivity index (χ1v) is 8.99. The molecule has 0 spiro atoms. The molecular weight excluding hydrogens is 348 g/mol. The van der Waals surface area contributed by atoms with Gasteiger partial charge in [0.1, 0.15) is 16.5 Å². The average Bonchev–Trinajstić information content (AvgIpc) is 3.33. The van der Waals surface area contributed by atoms with Gasteiger partial charge in [-0.05, 0) is 18.4 Å². The summed E-state index contributed by atoms with van der Waals surface area (Å²) in [6.45, 7) is 1.72. The van der Waals surface area contributed by atoms with Crippen LogP contribution in [0.3, 0.4) is 0 Å². The van der Waals surface area contributed by atoms with Crippen molar-refractivity contribution in [1.82, 2.24) is 15.2 Å². The number of aromatic amines is 1. The van der Waals surface area contributed by atoms with E-state index in [1.165, 1.54) is 11.3 Å². The Morgan fingerprint density at radius 3 is 2.92 bits per heavy atom. The summed E-state index contributed by atoms with van der Waals surface area (Å²) in [5.41, 5.74) is 1.27. The summed E-state index contributed by atoms with van der Waals surface area (Å²) in [7, 11) is 0. The number of hydrogen-bond acceptors (Lipinski definition) is 5. The van der Waals surface area contributed by atoms with Gasteiger partial charge in [-0.25, -0.2) is 4.98 Å². The van der Waals surface area contributed by atoms with E-state index in [1.54, 1.807) is 19.3 Å². The highest BCUT2D eigenvalue weighted by Crippen LogP contribution is 2.28. The van der Waals surface area contributed by atoms with E-state index in [2.05, 4.69) is 20.5 Å². The number of carbonyl (C=O) groups excluding carboxylic acids is 1. The number of H-pyrrole nitrogens is 1. The lowest BCUT2D eigenvalue weighted by molar-refractivity contribution is -0.122. The summed E-state index contributed by atoms with van der Waals surface area (Å²) in [6, 6.07) is 13.7. The zero-order chi connectivity index (χ0) is 17.9. The summed E-state index contributed by atoms with van der Waals surface area (Å²) in [5, 5.41) is 14.4. The van der Waals surface area contributed by atoms with Gasteiger partial charge in [0.05, 0.1) is 11.9 Å². The Kier molecular flexibility index (Phi) is 4.37. The highest BCUT2D eigenvalue weighted by atomic mass is 32.1. The highest BCUT2D eigenvalue weighted by molar-refractivity contribution is 7.13. The lowest BCUT2D eigenvalue weighted by Crippen LogP contribution is -2.30. The van der Waals surface area contributed by atoms with Crippen molar-refractivity contribution in [2.24, 2.45) is 0 Å². The SMILES string of the molecule is CC(Oc1cccc2ccccc12)C(=O)Nc1cn[nH]c1-c1nccs1. The fraction of sp³-hybridized carbons (Fsp3) is 0.105. The third-order valence-corrected chi connectivity index (χ3v) is 4.76. The number of thiazole rings is 1. The molecule has 0 radical (unpaired) electrons. The predicted molar refractivity (Wildman–Crippen MR) is 102 cm³/mol. The molecule has 1 amide bonds. The Morgan fingerprint density at radius 1 is 1.23 bits per heavy atom. The number of aromatic nitrogens is 3. The number of nitrogens with one attached hydrogen (secondary N) is 2. The molecule has 2 heterocycles. The Morgan fingerprint density at radius 2 is 2.08 bits per heavy atom. The second kappa shape index (κ2) is 6.97. The molecule has 7 heteroatoms. The molecular formula is C19H16N4O2S. The molecule has 0 bridgehead atoms. The van der Waals surface area contributed by atoms with E-state index in [1.807, 2.05) is 47.8 Å². The van der Waals surface area contributed by atoms with Gasteiger partial charge in [0, 0.05) is 17.0 Å². The number of benzene rings is 2. The van der Waals surface area contributed by atoms with Crippen molar-refractivity contribution in [3.8, 4) is 16.5 Å². The summed E-state index contributed by atoms with van der Waals surface area (Å²) in [6.07, 6.45) is 2.61. The first kappa shape index (κ1) is 16.3. The van der Waals surface area contributed by atoms with Crippen molar-refractivity contribution in [1.29, 1.82) is 0 Å². The van der Waals surface area contributed by atoms with Crippen LogP contribution in [0.5, 0.6) is 5.75 Å². The van der Waals surface area contributed by atoms with Gasteiger partial charge in [0.2, 0.25) is 0 Å². The van der Waals surface area contributed by atoms with E-state index < -0.39 is 6.10 Å². The molecule has 2 aromatic heterocycles. The Hall–Kier alpha value is -3.19. The van der Waals surface area contributed by atoms with Gasteiger partial charge in [0.15, 0.2) is 6.10 Å². The third-order valence-electron chi connectivity index (χ3n) is 3.97. The van der Waals surface area contributed by atoms with Gasteiger partial charge in [-0.2, -0.15) is 5.10 Å². The van der Waals surface area contributed by atoms with Gasteiger partial charge < -0.3 is 10.1 Å². The molecule has 0 fully saturated rings. The molecule has 26 heavy (non-hydrogen) atoms. The molecule has 4 aromatic rings. The van der Waals surface area contributed by atoms with Crippen LogP contribution in [0.4, 0.5) is 5.69 Å². The molecule has 130 valence electrons. The van der Waals surface area contributed by atoms with Gasteiger partial charge in [-0.3, -0.25) is 9.89 Å². The van der Waals surface area contributed by atoms with Crippen LogP contribution < -0.4 is 10.1 Å². The van der Waals surface area contributed by atoms with Crippen molar-refractivity contribution in [3.05, 3.63) is 60.2 Å². The van der Waals surface area contributed by atoms with Gasteiger partial charge >= 0.3 is 0 Å². The van der Waals surface area contributed by atoms with Gasteiger partial charge in [0.25, 0.3) is 5.91 Å². The van der Waals surface area contributed by atoms with Gasteiger partial charge in [-0.1, -0.05) is 36.4 Å². The largest absolute Gasteiger partial charge is 0.480 e. The van der Waals surface area contributed by atoms with Crippen LogP contribution in [0.15, 0.2) is 60.2 Å². The Labute approximate surface area is 153 Å². The maximum atomic E-state index is 12.6. The molecule has 0 aliphatic heterocycles. The quantitative estimate of drug-likeness (QED) is 0.559. The van der Waals surface area contributed by atoms with E-state index in [4.69, 9.17) is 4.74 Å². The smallest absolute Gasteiger partial charge is 0.265 e. The van der Waals surface area contributed by atoms with Crippen LogP contribution in [0.2, 0.25) is 0 Å². The van der Waals surface area contributed by atoms with Crippen LogP contribution in [-0.2, 0) is 4.79 Å². The van der Waals surface area contributed by atoms with Crippen LogP contribution in [0, 0.1) is 0 Å². The lowest BCUT2D eigenvalue weighted by Gasteiger charge is -2.16. The molecule has 1 atom stereocenters. The molecule has 0 saturated carbocycles. The van der Waals surface area contributed by atoms with E-state index in [9.17, 15) is 4.79 Å². The first-order valence-electron chi connectivity index (χ1n) is 8.11. The maximum absolute atomic E-state index is 12.6. The number of amides is 1. The minimum atomic E-state index is -0.667. The fourth-order valence-corrected chi connectivity index (χ4v) is 3.31. The van der Waals surface area contributed by atoms with Crippen LogP contribution in [0.1, 0.15) is 6.92 Å². The van der Waals surface area contributed by atoms with Crippen LogP contribution in [0.25, 0.3) is 21.5 Å². The highest BCUT2D eigenvalue weighted by Gasteiger charge is 2.19. The molecule has 0 aliphatic carbocycles. The van der Waals surface area contributed by atoms with Crippen molar-refractivity contribution < 1.29 is 9.53 Å². The topological polar surface area (TPSA) is 79.9 Å². The van der Waals surface area contributed by atoms with Crippen molar-refractivity contribution >= 4 is 33.7 Å². The first-order chi connectivity index (χ1) is 12.7. The second-order valence-corrected chi connectivity index (χ2v) is 6.62. The molecule has 6 nitrogen and oxygen atoms in total. The lowest BCUT2D eigenvalue weighted by atomic mass is 10.1. The molecule has 2 N–H and O–H groups in total. The monoisotopic (exact) mass is 364 g/mol.